The Kier molecular flexibility index (Phi) is 6.50. The molecule has 2 aromatic rings. The van der Waals surface area contributed by atoms with Crippen LogP contribution in [0, 0.1) is 0 Å². The smallest absolute Gasteiger partial charge is 0.224 e. The van der Waals surface area contributed by atoms with E-state index in [1.54, 1.807) is 7.11 Å². The largest absolute Gasteiger partial charge is 0.497 e. The summed E-state index contributed by atoms with van der Waals surface area (Å²) in [6, 6.07) is 16.2. The van der Waals surface area contributed by atoms with Crippen LogP contribution in [0.15, 0.2) is 48.5 Å². The van der Waals surface area contributed by atoms with E-state index in [0.717, 1.165) is 49.6 Å². The zero-order valence-corrected chi connectivity index (χ0v) is 15.2. The number of nitrogens with one attached hydrogen (secondary N) is 1. The Morgan fingerprint density at radius 3 is 2.62 bits per heavy atom. The Hall–Kier alpha value is -2.53. The Labute approximate surface area is 154 Å². The van der Waals surface area contributed by atoms with Gasteiger partial charge in [-0.05, 0) is 41.8 Å². The monoisotopic (exact) mass is 354 g/mol. The molecule has 1 aliphatic heterocycles. The maximum atomic E-state index is 12.1. The molecule has 5 heteroatoms. The van der Waals surface area contributed by atoms with Gasteiger partial charge in [-0.3, -0.25) is 4.79 Å². The Morgan fingerprint density at radius 2 is 1.88 bits per heavy atom. The van der Waals surface area contributed by atoms with Crippen LogP contribution in [0.25, 0.3) is 0 Å². The molecule has 2 aromatic carbocycles. The quantitative estimate of drug-likeness (QED) is 0.830. The lowest BCUT2D eigenvalue weighted by Gasteiger charge is -2.28. The number of benzene rings is 2. The number of amides is 1. The molecule has 1 amide bonds. The number of methoxy groups -OCH3 is 1. The van der Waals surface area contributed by atoms with Gasteiger partial charge in [0.1, 0.15) is 5.75 Å². The number of ether oxygens (including phenoxy) is 2. The van der Waals surface area contributed by atoms with Crippen molar-refractivity contribution in [2.75, 3.05) is 44.9 Å². The van der Waals surface area contributed by atoms with Gasteiger partial charge in [0, 0.05) is 25.3 Å². The molecule has 3 rings (SSSR count). The van der Waals surface area contributed by atoms with E-state index in [4.69, 9.17) is 9.47 Å². The fraction of sp³-hybridized carbons (Fsp3) is 0.381. The van der Waals surface area contributed by atoms with Gasteiger partial charge in [0.25, 0.3) is 0 Å². The number of carbonyl (C=O) groups excluding carboxylic acids is 1. The summed E-state index contributed by atoms with van der Waals surface area (Å²) in [6.45, 7) is 4.01. The second-order valence-corrected chi connectivity index (χ2v) is 6.39. The van der Waals surface area contributed by atoms with E-state index in [9.17, 15) is 4.79 Å². The molecule has 1 saturated heterocycles. The summed E-state index contributed by atoms with van der Waals surface area (Å²) in [5.41, 5.74) is 3.37. The molecule has 0 bridgehead atoms. The molecule has 0 radical (unpaired) electrons. The molecular weight excluding hydrogens is 328 g/mol. The predicted octanol–water partition coefficient (Wildman–Crippen LogP) is 2.43. The van der Waals surface area contributed by atoms with Crippen LogP contribution >= 0.6 is 0 Å². The summed E-state index contributed by atoms with van der Waals surface area (Å²) in [7, 11) is 1.66. The molecule has 1 heterocycles. The third-order valence-corrected chi connectivity index (χ3v) is 4.55. The Bertz CT molecular complexity index is 709. The minimum Gasteiger partial charge on any atom is -0.497 e. The zero-order chi connectivity index (χ0) is 18.2. The minimum absolute atomic E-state index is 0.0482. The highest BCUT2D eigenvalue weighted by Gasteiger charge is 2.11. The van der Waals surface area contributed by atoms with E-state index in [-0.39, 0.29) is 5.91 Å². The van der Waals surface area contributed by atoms with E-state index < -0.39 is 0 Å². The number of rotatable bonds is 7. The summed E-state index contributed by atoms with van der Waals surface area (Å²) in [4.78, 5) is 14.5. The maximum absolute atomic E-state index is 12.1. The second kappa shape index (κ2) is 9.25. The molecule has 5 nitrogen and oxygen atoms in total. The van der Waals surface area contributed by atoms with Crippen LogP contribution in [-0.2, 0) is 22.4 Å². The van der Waals surface area contributed by atoms with Gasteiger partial charge in [-0.25, -0.2) is 0 Å². The van der Waals surface area contributed by atoms with Crippen molar-refractivity contribution >= 4 is 11.6 Å². The van der Waals surface area contributed by atoms with Gasteiger partial charge in [0.05, 0.1) is 26.7 Å². The fourth-order valence-corrected chi connectivity index (χ4v) is 3.07. The lowest BCUT2D eigenvalue weighted by molar-refractivity contribution is -0.120. The Balaban J connectivity index is 1.44. The molecule has 1 aliphatic rings. The first kappa shape index (κ1) is 18.3. The van der Waals surface area contributed by atoms with E-state index in [2.05, 4.69) is 22.3 Å². The van der Waals surface area contributed by atoms with Gasteiger partial charge in [-0.2, -0.15) is 0 Å². The van der Waals surface area contributed by atoms with Crippen LogP contribution in [0.2, 0.25) is 0 Å². The zero-order valence-electron chi connectivity index (χ0n) is 15.2. The topological polar surface area (TPSA) is 50.8 Å². The molecule has 1 N–H and O–H groups in total. The standard InChI is InChI=1S/C21H26N2O3/c1-25-20-4-2-3-17(15-20)9-10-22-21(24)16-18-5-7-19(8-6-18)23-11-13-26-14-12-23/h2-8,15H,9-14,16H2,1H3,(H,22,24). The van der Waals surface area contributed by atoms with E-state index >= 15 is 0 Å². The molecule has 0 atom stereocenters. The maximum Gasteiger partial charge on any atom is 0.224 e. The van der Waals surface area contributed by atoms with E-state index in [0.29, 0.717) is 13.0 Å². The highest BCUT2D eigenvalue weighted by Crippen LogP contribution is 2.17. The highest BCUT2D eigenvalue weighted by atomic mass is 16.5. The van der Waals surface area contributed by atoms with Gasteiger partial charge < -0.3 is 19.7 Å². The summed E-state index contributed by atoms with van der Waals surface area (Å²) in [6.07, 6.45) is 1.19. The van der Waals surface area contributed by atoms with Crippen molar-refractivity contribution in [1.82, 2.24) is 5.32 Å². The van der Waals surface area contributed by atoms with Crippen LogP contribution < -0.4 is 15.0 Å². The van der Waals surface area contributed by atoms with Crippen molar-refractivity contribution in [3.05, 3.63) is 59.7 Å². The Morgan fingerprint density at radius 1 is 1.12 bits per heavy atom. The van der Waals surface area contributed by atoms with E-state index in [1.165, 1.54) is 5.69 Å². The molecule has 0 aliphatic carbocycles. The first-order chi connectivity index (χ1) is 12.7. The van der Waals surface area contributed by atoms with Gasteiger partial charge in [-0.15, -0.1) is 0 Å². The number of anilines is 1. The first-order valence-electron chi connectivity index (χ1n) is 9.06. The number of nitrogens with zero attached hydrogens (tertiary/aromatic N) is 1. The van der Waals surface area contributed by atoms with Gasteiger partial charge in [0.15, 0.2) is 0 Å². The predicted molar refractivity (Wildman–Crippen MR) is 103 cm³/mol. The normalized spacial score (nSPS) is 14.1. The molecular formula is C21H26N2O3. The van der Waals surface area contributed by atoms with E-state index in [1.807, 2.05) is 36.4 Å². The second-order valence-electron chi connectivity index (χ2n) is 6.39. The summed E-state index contributed by atoms with van der Waals surface area (Å²) >= 11 is 0. The third kappa shape index (κ3) is 5.23. The molecule has 0 aromatic heterocycles. The highest BCUT2D eigenvalue weighted by molar-refractivity contribution is 5.78. The molecule has 26 heavy (non-hydrogen) atoms. The fourth-order valence-electron chi connectivity index (χ4n) is 3.07. The summed E-state index contributed by atoms with van der Waals surface area (Å²) in [5, 5.41) is 2.99. The van der Waals surface area contributed by atoms with Gasteiger partial charge in [-0.1, -0.05) is 24.3 Å². The van der Waals surface area contributed by atoms with Gasteiger partial charge in [0.2, 0.25) is 5.91 Å². The van der Waals surface area contributed by atoms with Crippen molar-refractivity contribution in [1.29, 1.82) is 0 Å². The first-order valence-corrected chi connectivity index (χ1v) is 9.06. The number of hydrogen-bond donors (Lipinski definition) is 1. The minimum atomic E-state index is 0.0482. The number of morpholine rings is 1. The lowest BCUT2D eigenvalue weighted by Crippen LogP contribution is -2.36. The molecule has 0 unspecified atom stereocenters. The molecule has 0 saturated carbocycles. The van der Waals surface area contributed by atoms with Crippen molar-refractivity contribution in [2.24, 2.45) is 0 Å². The number of hydrogen-bond acceptors (Lipinski definition) is 4. The van der Waals surface area contributed by atoms with Crippen LogP contribution in [0.3, 0.4) is 0 Å². The third-order valence-electron chi connectivity index (χ3n) is 4.55. The van der Waals surface area contributed by atoms with Gasteiger partial charge >= 0.3 is 0 Å². The summed E-state index contributed by atoms with van der Waals surface area (Å²) in [5.74, 6) is 0.890. The molecule has 138 valence electrons. The van der Waals surface area contributed by atoms with Crippen molar-refractivity contribution < 1.29 is 14.3 Å². The summed E-state index contributed by atoms with van der Waals surface area (Å²) < 4.78 is 10.6. The van der Waals surface area contributed by atoms with Crippen molar-refractivity contribution in [3.8, 4) is 5.75 Å². The average Bonchev–Trinajstić information content (AvgIpc) is 2.69. The van der Waals surface area contributed by atoms with Crippen molar-refractivity contribution in [2.45, 2.75) is 12.8 Å². The van der Waals surface area contributed by atoms with Crippen molar-refractivity contribution in [3.63, 3.8) is 0 Å². The average molecular weight is 354 g/mol. The van der Waals surface area contributed by atoms with Crippen LogP contribution in [-0.4, -0.2) is 45.9 Å². The van der Waals surface area contributed by atoms with Crippen LogP contribution in [0.5, 0.6) is 5.75 Å². The SMILES string of the molecule is COc1cccc(CCNC(=O)Cc2ccc(N3CCOCC3)cc2)c1. The van der Waals surface area contributed by atoms with Crippen LogP contribution in [0.1, 0.15) is 11.1 Å². The molecule has 1 fully saturated rings. The number of carbonyl (C=O) groups is 1. The molecule has 0 spiro atoms. The van der Waals surface area contributed by atoms with Crippen LogP contribution in [0.4, 0.5) is 5.69 Å². The lowest BCUT2D eigenvalue weighted by atomic mass is 10.1.